The number of nitrogens with one attached hydrogen (secondary N) is 1. The van der Waals surface area contributed by atoms with Crippen molar-refractivity contribution in [1.82, 2.24) is 34.6 Å². The maximum Gasteiger partial charge on any atom is 0.453 e. The molecule has 3 heterocycles. The number of alkyl halides is 3. The Morgan fingerprint density at radius 3 is 2.56 bits per heavy atom. The predicted molar refractivity (Wildman–Crippen MR) is 88.8 cm³/mol. The number of fused-ring (bicyclic) bond motifs is 1. The number of hydrogen-bond donors (Lipinski definition) is 2. The third kappa shape index (κ3) is 3.01. The van der Waals surface area contributed by atoms with Gasteiger partial charge in [0, 0.05) is 0 Å². The summed E-state index contributed by atoms with van der Waals surface area (Å²) >= 11 is 0.644. The topological polar surface area (TPSA) is 120 Å². The van der Waals surface area contributed by atoms with E-state index in [0.29, 0.717) is 22.1 Å². The van der Waals surface area contributed by atoms with Crippen molar-refractivity contribution in [2.45, 2.75) is 16.5 Å². The number of nitrogens with two attached hydrogens (primary N) is 1. The summed E-state index contributed by atoms with van der Waals surface area (Å²) in [7, 11) is 0. The molecule has 0 radical (unpaired) electrons. The molecule has 0 unspecified atom stereocenters. The van der Waals surface area contributed by atoms with Crippen LogP contribution in [0.4, 0.5) is 13.2 Å². The molecule has 0 bridgehead atoms. The van der Waals surface area contributed by atoms with Crippen molar-refractivity contribution in [3.05, 3.63) is 52.7 Å². The maximum atomic E-state index is 12.8. The smallest absolute Gasteiger partial charge is 0.335 e. The van der Waals surface area contributed by atoms with Crippen LogP contribution in [-0.4, -0.2) is 34.6 Å². The highest BCUT2D eigenvalue weighted by Crippen LogP contribution is 2.30. The van der Waals surface area contributed by atoms with E-state index in [4.69, 9.17) is 5.84 Å². The Bertz CT molecular complexity index is 1180. The average molecular weight is 394 g/mol. The van der Waals surface area contributed by atoms with E-state index in [0.717, 1.165) is 0 Å². The van der Waals surface area contributed by atoms with Gasteiger partial charge in [-0.05, 0) is 23.9 Å². The van der Waals surface area contributed by atoms with Crippen LogP contribution in [0.5, 0.6) is 0 Å². The monoisotopic (exact) mass is 394 g/mol. The van der Waals surface area contributed by atoms with Gasteiger partial charge in [0.25, 0.3) is 11.4 Å². The first-order valence-corrected chi connectivity index (χ1v) is 8.15. The van der Waals surface area contributed by atoms with E-state index in [1.165, 1.54) is 10.9 Å². The molecule has 4 aromatic rings. The number of aromatic nitrogens is 7. The lowest BCUT2D eigenvalue weighted by Crippen LogP contribution is -2.21. The third-order valence-corrected chi connectivity index (χ3v) is 4.37. The van der Waals surface area contributed by atoms with Crippen molar-refractivity contribution in [3.63, 3.8) is 0 Å². The van der Waals surface area contributed by atoms with E-state index in [1.807, 2.05) is 6.07 Å². The van der Waals surface area contributed by atoms with Crippen LogP contribution in [0.3, 0.4) is 0 Å². The zero-order chi connectivity index (χ0) is 19.2. The van der Waals surface area contributed by atoms with Gasteiger partial charge in [0.15, 0.2) is 10.8 Å². The van der Waals surface area contributed by atoms with Crippen LogP contribution in [-0.2, 0) is 6.18 Å². The number of rotatable bonds is 3. The number of benzene rings is 1. The quantitative estimate of drug-likeness (QED) is 0.400. The Morgan fingerprint density at radius 1 is 1.15 bits per heavy atom. The molecule has 0 aliphatic rings. The van der Waals surface area contributed by atoms with E-state index in [9.17, 15) is 18.0 Å². The van der Waals surface area contributed by atoms with Gasteiger partial charge < -0.3 is 10.8 Å². The first-order chi connectivity index (χ1) is 12.8. The first-order valence-electron chi connectivity index (χ1n) is 7.33. The van der Waals surface area contributed by atoms with Gasteiger partial charge in [-0.2, -0.15) is 18.3 Å². The molecule has 0 spiro atoms. The normalized spacial score (nSPS) is 12.0. The third-order valence-electron chi connectivity index (χ3n) is 3.52. The molecule has 13 heteroatoms. The lowest BCUT2D eigenvalue weighted by molar-refractivity contribution is -0.146. The zero-order valence-electron chi connectivity index (χ0n) is 13.2. The van der Waals surface area contributed by atoms with Crippen LogP contribution in [0.1, 0.15) is 5.82 Å². The van der Waals surface area contributed by atoms with Crippen molar-refractivity contribution in [2.75, 3.05) is 5.84 Å². The van der Waals surface area contributed by atoms with Crippen molar-refractivity contribution in [2.24, 2.45) is 0 Å². The fourth-order valence-electron chi connectivity index (χ4n) is 2.33. The number of halogens is 3. The van der Waals surface area contributed by atoms with Crippen LogP contribution in [0, 0.1) is 0 Å². The summed E-state index contributed by atoms with van der Waals surface area (Å²) in [6.45, 7) is 0. The molecule has 27 heavy (non-hydrogen) atoms. The number of aromatic amines is 1. The van der Waals surface area contributed by atoms with Gasteiger partial charge >= 0.3 is 6.18 Å². The van der Waals surface area contributed by atoms with Crippen molar-refractivity contribution >= 4 is 22.8 Å². The van der Waals surface area contributed by atoms with E-state index in [2.05, 4.69) is 25.3 Å². The highest BCUT2D eigenvalue weighted by atomic mass is 32.2. The number of hydrogen-bond acceptors (Lipinski definition) is 7. The molecule has 138 valence electrons. The summed E-state index contributed by atoms with van der Waals surface area (Å²) in [5.41, 5.74) is 0.415. The van der Waals surface area contributed by atoms with Crippen LogP contribution >= 0.6 is 11.8 Å². The van der Waals surface area contributed by atoms with Crippen LogP contribution in [0.2, 0.25) is 0 Å². The molecular weight excluding hydrogens is 385 g/mol. The summed E-state index contributed by atoms with van der Waals surface area (Å²) in [6, 6.07) is 8.95. The average Bonchev–Trinajstić information content (AvgIpc) is 3.20. The minimum Gasteiger partial charge on any atom is -0.335 e. The number of para-hydroxylation sites is 1. The summed E-state index contributed by atoms with van der Waals surface area (Å²) < 4.78 is 40.1. The molecule has 4 rings (SSSR count). The molecule has 9 nitrogen and oxygen atoms in total. The summed E-state index contributed by atoms with van der Waals surface area (Å²) in [6.07, 6.45) is -3.40. The molecule has 0 aliphatic carbocycles. The van der Waals surface area contributed by atoms with E-state index < -0.39 is 17.6 Å². The summed E-state index contributed by atoms with van der Waals surface area (Å²) in [5.74, 6) is 4.04. The largest absolute Gasteiger partial charge is 0.453 e. The van der Waals surface area contributed by atoms with Crippen molar-refractivity contribution in [1.29, 1.82) is 0 Å². The Labute approximate surface area is 152 Å². The molecule has 0 atom stereocenters. The summed E-state index contributed by atoms with van der Waals surface area (Å²) in [4.78, 5) is 19.0. The Kier molecular flexibility index (Phi) is 3.87. The predicted octanol–water partition coefficient (Wildman–Crippen LogP) is 1.58. The highest BCUT2D eigenvalue weighted by molar-refractivity contribution is 7.99. The fourth-order valence-corrected chi connectivity index (χ4v) is 3.05. The molecule has 0 fully saturated rings. The van der Waals surface area contributed by atoms with Gasteiger partial charge in [0.05, 0.1) is 11.9 Å². The number of H-pyrrole nitrogens is 1. The van der Waals surface area contributed by atoms with Crippen molar-refractivity contribution in [3.8, 4) is 5.69 Å². The molecule has 0 saturated carbocycles. The highest BCUT2D eigenvalue weighted by Gasteiger charge is 2.38. The van der Waals surface area contributed by atoms with E-state index in [1.54, 1.807) is 24.3 Å². The van der Waals surface area contributed by atoms with Crippen LogP contribution < -0.4 is 11.4 Å². The SMILES string of the molecule is Nn1c(Sc2nc3c(cnn3-c3ccccc3)c(=O)[nH]2)nnc1C(F)(F)F. The molecule has 3 N–H and O–H groups in total. The first kappa shape index (κ1) is 17.1. The zero-order valence-corrected chi connectivity index (χ0v) is 14.0. The maximum absolute atomic E-state index is 12.8. The van der Waals surface area contributed by atoms with Crippen molar-refractivity contribution < 1.29 is 13.2 Å². The second-order valence-corrected chi connectivity index (χ2v) is 6.23. The van der Waals surface area contributed by atoms with Gasteiger partial charge in [0.2, 0.25) is 5.16 Å². The molecule has 1 aromatic carbocycles. The Balaban J connectivity index is 1.78. The van der Waals surface area contributed by atoms with Gasteiger partial charge in [-0.25, -0.2) is 14.3 Å². The molecule has 0 aliphatic heterocycles. The van der Waals surface area contributed by atoms with Gasteiger partial charge in [-0.3, -0.25) is 4.79 Å². The Morgan fingerprint density at radius 2 is 1.89 bits per heavy atom. The van der Waals surface area contributed by atoms with Gasteiger partial charge in [-0.1, -0.05) is 18.2 Å². The lowest BCUT2D eigenvalue weighted by atomic mass is 10.3. The molecule has 3 aromatic heterocycles. The summed E-state index contributed by atoms with van der Waals surface area (Å²) in [5, 5.41) is 10.5. The molecule has 0 amide bonds. The van der Waals surface area contributed by atoms with Crippen LogP contribution in [0.15, 0.2) is 51.6 Å². The fraction of sp³-hybridized carbons (Fsp3) is 0.0714. The molecular formula is C14H9F3N8OS. The van der Waals surface area contributed by atoms with Gasteiger partial charge in [0.1, 0.15) is 5.39 Å². The second kappa shape index (κ2) is 6.12. The van der Waals surface area contributed by atoms with Gasteiger partial charge in [-0.15, -0.1) is 10.2 Å². The number of nitrogen functional groups attached to an aromatic ring is 1. The van der Waals surface area contributed by atoms with E-state index in [-0.39, 0.29) is 21.3 Å². The van der Waals surface area contributed by atoms with Crippen LogP contribution in [0.25, 0.3) is 16.7 Å². The lowest BCUT2D eigenvalue weighted by Gasteiger charge is -2.06. The minimum atomic E-state index is -4.75. The standard InChI is InChI=1S/C14H9F3N8OS/c15-14(16,17)11-22-23-13(24(11)18)27-12-20-9-8(10(26)21-12)6-19-25(9)7-4-2-1-3-5-7/h1-6H,18H2,(H,20,21,26). The second-order valence-electron chi connectivity index (χ2n) is 5.28. The number of nitrogens with zero attached hydrogens (tertiary/aromatic N) is 6. The van der Waals surface area contributed by atoms with E-state index >= 15 is 0 Å². The molecule has 0 saturated heterocycles. The minimum absolute atomic E-state index is 0.00185. The Hall–Kier alpha value is -3.35.